The van der Waals surface area contributed by atoms with Gasteiger partial charge in [0, 0.05) is 6.54 Å². The van der Waals surface area contributed by atoms with E-state index in [1.165, 1.54) is 25.7 Å². The molecular weight excluding hydrogens is 200 g/mol. The monoisotopic (exact) mass is 224 g/mol. The van der Waals surface area contributed by atoms with E-state index in [4.69, 9.17) is 0 Å². The van der Waals surface area contributed by atoms with Gasteiger partial charge in [-0.15, -0.1) is 0 Å². The molecule has 1 aliphatic carbocycles. The topological polar surface area (TPSA) is 32.3 Å². The number of amides is 1. The minimum Gasteiger partial charge on any atom is -0.326 e. The molecule has 0 radical (unpaired) electrons. The number of carbonyl (C=O) groups is 1. The molecule has 92 valence electrons. The third-order valence-electron chi connectivity index (χ3n) is 4.14. The summed E-state index contributed by atoms with van der Waals surface area (Å²) < 4.78 is 0. The van der Waals surface area contributed by atoms with Crippen molar-refractivity contribution in [1.82, 2.24) is 10.2 Å². The number of nitrogens with one attached hydrogen (secondary N) is 1. The number of rotatable bonds is 5. The Morgan fingerprint density at radius 3 is 2.56 bits per heavy atom. The Bertz CT molecular complexity index is 273. The lowest BCUT2D eigenvalue weighted by Gasteiger charge is -2.26. The van der Waals surface area contributed by atoms with Crippen LogP contribution in [0.25, 0.3) is 0 Å². The summed E-state index contributed by atoms with van der Waals surface area (Å²) in [6.45, 7) is 7.40. The minimum atomic E-state index is 0.0624. The molecule has 0 spiro atoms. The van der Waals surface area contributed by atoms with Crippen molar-refractivity contribution in [2.75, 3.05) is 6.54 Å². The average Bonchev–Trinajstić information content (AvgIpc) is 2.96. The number of hydrogen-bond donors (Lipinski definition) is 1. The molecule has 3 heteroatoms. The van der Waals surface area contributed by atoms with Gasteiger partial charge in [0.25, 0.3) is 0 Å². The van der Waals surface area contributed by atoms with Crippen molar-refractivity contribution in [3.8, 4) is 0 Å². The van der Waals surface area contributed by atoms with Gasteiger partial charge >= 0.3 is 0 Å². The molecule has 0 aromatic carbocycles. The maximum absolute atomic E-state index is 12.1. The van der Waals surface area contributed by atoms with Crippen LogP contribution < -0.4 is 5.32 Å². The zero-order valence-corrected chi connectivity index (χ0v) is 10.8. The molecule has 2 rings (SSSR count). The van der Waals surface area contributed by atoms with E-state index in [1.54, 1.807) is 0 Å². The third kappa shape index (κ3) is 2.10. The van der Waals surface area contributed by atoms with Gasteiger partial charge in [0.05, 0.1) is 12.2 Å². The average molecular weight is 224 g/mol. The van der Waals surface area contributed by atoms with Crippen molar-refractivity contribution < 1.29 is 4.79 Å². The number of nitrogens with zero attached hydrogens (tertiary/aromatic N) is 1. The van der Waals surface area contributed by atoms with E-state index in [9.17, 15) is 4.79 Å². The summed E-state index contributed by atoms with van der Waals surface area (Å²) in [6, 6.07) is 0.0624. The normalized spacial score (nSPS) is 32.2. The van der Waals surface area contributed by atoms with Gasteiger partial charge in [-0.3, -0.25) is 10.1 Å². The molecule has 2 unspecified atom stereocenters. The summed E-state index contributed by atoms with van der Waals surface area (Å²) in [6.07, 6.45) is 6.27. The van der Waals surface area contributed by atoms with Crippen LogP contribution in [-0.4, -0.2) is 29.6 Å². The Kier molecular flexibility index (Phi) is 3.24. The van der Waals surface area contributed by atoms with Crippen LogP contribution >= 0.6 is 0 Å². The Morgan fingerprint density at radius 1 is 1.44 bits per heavy atom. The van der Waals surface area contributed by atoms with Gasteiger partial charge in [-0.1, -0.05) is 20.3 Å². The molecule has 2 aliphatic rings. The van der Waals surface area contributed by atoms with Gasteiger partial charge < -0.3 is 4.90 Å². The first-order chi connectivity index (χ1) is 7.62. The molecule has 3 nitrogen and oxygen atoms in total. The van der Waals surface area contributed by atoms with Crippen molar-refractivity contribution in [2.24, 2.45) is 5.41 Å². The second-order valence-electron chi connectivity index (χ2n) is 5.52. The van der Waals surface area contributed by atoms with Crippen LogP contribution in [0.15, 0.2) is 0 Å². The highest BCUT2D eigenvalue weighted by Crippen LogP contribution is 2.50. The lowest BCUT2D eigenvalue weighted by Crippen LogP contribution is -2.39. The van der Waals surface area contributed by atoms with Crippen LogP contribution in [-0.2, 0) is 4.79 Å². The maximum Gasteiger partial charge on any atom is 0.241 e. The Balaban J connectivity index is 1.97. The molecule has 2 atom stereocenters. The first kappa shape index (κ1) is 11.9. The molecule has 0 bridgehead atoms. The second-order valence-corrected chi connectivity index (χ2v) is 5.52. The molecule has 16 heavy (non-hydrogen) atoms. The van der Waals surface area contributed by atoms with Gasteiger partial charge in [-0.05, 0) is 38.0 Å². The molecule has 1 saturated heterocycles. The second kappa shape index (κ2) is 4.36. The molecule has 2 fully saturated rings. The van der Waals surface area contributed by atoms with Crippen LogP contribution in [0.4, 0.5) is 0 Å². The van der Waals surface area contributed by atoms with Crippen molar-refractivity contribution in [3.63, 3.8) is 0 Å². The summed E-state index contributed by atoms with van der Waals surface area (Å²) in [7, 11) is 0. The maximum atomic E-state index is 12.1. The third-order valence-corrected chi connectivity index (χ3v) is 4.14. The fourth-order valence-corrected chi connectivity index (χ4v) is 2.91. The Hall–Kier alpha value is -0.570. The predicted octanol–water partition coefficient (Wildman–Crippen LogP) is 2.12. The van der Waals surface area contributed by atoms with Crippen LogP contribution in [0.3, 0.4) is 0 Å². The van der Waals surface area contributed by atoms with Crippen molar-refractivity contribution >= 4 is 5.91 Å². The SMILES string of the molecule is CCCC1(CN2C(=O)C(CC)NC2C)CC1. The number of hydrogen-bond acceptors (Lipinski definition) is 2. The van der Waals surface area contributed by atoms with Gasteiger partial charge in [-0.2, -0.15) is 0 Å². The van der Waals surface area contributed by atoms with Crippen LogP contribution in [0.2, 0.25) is 0 Å². The van der Waals surface area contributed by atoms with E-state index in [1.807, 2.05) is 0 Å². The minimum absolute atomic E-state index is 0.0624. The highest BCUT2D eigenvalue weighted by Gasteiger charge is 2.47. The van der Waals surface area contributed by atoms with Crippen molar-refractivity contribution in [3.05, 3.63) is 0 Å². The number of carbonyl (C=O) groups excluding carboxylic acids is 1. The summed E-state index contributed by atoms with van der Waals surface area (Å²) in [5.74, 6) is 0.317. The molecule has 1 aliphatic heterocycles. The Morgan fingerprint density at radius 2 is 2.12 bits per heavy atom. The van der Waals surface area contributed by atoms with E-state index in [0.29, 0.717) is 11.3 Å². The molecule has 1 N–H and O–H groups in total. The molecule has 0 aromatic rings. The summed E-state index contributed by atoms with van der Waals surface area (Å²) >= 11 is 0. The highest BCUT2D eigenvalue weighted by molar-refractivity contribution is 5.84. The summed E-state index contributed by atoms with van der Waals surface area (Å²) in [4.78, 5) is 14.2. The van der Waals surface area contributed by atoms with Gasteiger partial charge in [0.15, 0.2) is 0 Å². The lowest BCUT2D eigenvalue weighted by atomic mass is 10.00. The Labute approximate surface area is 98.6 Å². The molecule has 0 aromatic heterocycles. The van der Waals surface area contributed by atoms with E-state index < -0.39 is 0 Å². The van der Waals surface area contributed by atoms with Gasteiger partial charge in [-0.25, -0.2) is 0 Å². The van der Waals surface area contributed by atoms with E-state index in [2.05, 4.69) is 31.0 Å². The molecule has 1 saturated carbocycles. The van der Waals surface area contributed by atoms with E-state index in [-0.39, 0.29) is 12.2 Å². The van der Waals surface area contributed by atoms with Gasteiger partial charge in [0.2, 0.25) is 5.91 Å². The van der Waals surface area contributed by atoms with Crippen LogP contribution in [0, 0.1) is 5.41 Å². The molecule has 1 amide bonds. The molecule has 1 heterocycles. The zero-order chi connectivity index (χ0) is 11.8. The van der Waals surface area contributed by atoms with Crippen molar-refractivity contribution in [1.29, 1.82) is 0 Å². The largest absolute Gasteiger partial charge is 0.326 e. The fraction of sp³-hybridized carbons (Fsp3) is 0.923. The highest BCUT2D eigenvalue weighted by atomic mass is 16.2. The summed E-state index contributed by atoms with van der Waals surface area (Å²) in [5, 5.41) is 3.37. The van der Waals surface area contributed by atoms with Crippen LogP contribution in [0.1, 0.15) is 52.9 Å². The summed E-state index contributed by atoms with van der Waals surface area (Å²) in [5.41, 5.74) is 0.475. The first-order valence-corrected chi connectivity index (χ1v) is 6.68. The van der Waals surface area contributed by atoms with Crippen LogP contribution in [0.5, 0.6) is 0 Å². The fourth-order valence-electron chi connectivity index (χ4n) is 2.91. The van der Waals surface area contributed by atoms with Crippen molar-refractivity contribution in [2.45, 2.75) is 65.1 Å². The van der Waals surface area contributed by atoms with E-state index >= 15 is 0 Å². The van der Waals surface area contributed by atoms with E-state index in [0.717, 1.165) is 13.0 Å². The zero-order valence-electron chi connectivity index (χ0n) is 10.8. The first-order valence-electron chi connectivity index (χ1n) is 6.68. The quantitative estimate of drug-likeness (QED) is 0.776. The molecular formula is C13H24N2O. The van der Waals surface area contributed by atoms with Gasteiger partial charge in [0.1, 0.15) is 0 Å². The standard InChI is InChI=1S/C13H24N2O/c1-4-6-13(7-8-13)9-15-10(3)14-11(5-2)12(15)16/h10-11,14H,4-9H2,1-3H3. The predicted molar refractivity (Wildman–Crippen MR) is 65.0 cm³/mol. The lowest BCUT2D eigenvalue weighted by molar-refractivity contribution is -0.130. The smallest absolute Gasteiger partial charge is 0.241 e.